The Morgan fingerprint density at radius 1 is 0.833 bits per heavy atom. The molecule has 0 radical (unpaired) electrons. The van der Waals surface area contributed by atoms with Gasteiger partial charge in [0.15, 0.2) is 28.8 Å². The number of fused-ring (bicyclic) bond motifs is 4. The second-order valence-corrected chi connectivity index (χ2v) is 8.54. The molecule has 8 nitrogen and oxygen atoms in total. The molecule has 0 N–H and O–H groups in total. The Labute approximate surface area is 206 Å². The number of hydrogen-bond donors (Lipinski definition) is 0. The van der Waals surface area contributed by atoms with E-state index in [9.17, 15) is 9.59 Å². The van der Waals surface area contributed by atoms with E-state index in [0.717, 1.165) is 5.56 Å². The minimum absolute atomic E-state index is 0.107. The van der Waals surface area contributed by atoms with Crippen LogP contribution in [-0.4, -0.2) is 39.2 Å². The maximum atomic E-state index is 13.3. The fraction of sp³-hybridized carbons (Fsp3) is 0.214. The molecule has 182 valence electrons. The number of benzene rings is 3. The second-order valence-electron chi connectivity index (χ2n) is 8.54. The monoisotopic (exact) mass is 486 g/mol. The fourth-order valence-corrected chi connectivity index (χ4v) is 4.76. The first kappa shape index (κ1) is 22.0. The van der Waals surface area contributed by atoms with Crippen LogP contribution < -0.4 is 28.4 Å². The Kier molecular flexibility index (Phi) is 5.29. The quantitative estimate of drug-likeness (QED) is 0.302. The molecule has 0 saturated heterocycles. The van der Waals surface area contributed by atoms with Crippen LogP contribution in [0, 0.1) is 0 Å². The van der Waals surface area contributed by atoms with Crippen LogP contribution in [-0.2, 0) is 4.79 Å². The van der Waals surface area contributed by atoms with E-state index >= 15 is 0 Å². The van der Waals surface area contributed by atoms with Crippen molar-refractivity contribution in [1.29, 1.82) is 0 Å². The van der Waals surface area contributed by atoms with Crippen LogP contribution in [0.4, 0.5) is 0 Å². The molecule has 3 aromatic rings. The Balaban J connectivity index is 1.41. The molecular weight excluding hydrogens is 464 g/mol. The molecule has 36 heavy (non-hydrogen) atoms. The molecule has 0 unspecified atom stereocenters. The third kappa shape index (κ3) is 3.62. The number of carbonyl (C=O) groups is 2. The van der Waals surface area contributed by atoms with Gasteiger partial charge in [0.25, 0.3) is 0 Å². The maximum absolute atomic E-state index is 13.3. The first-order chi connectivity index (χ1) is 17.6. The zero-order valence-electron chi connectivity index (χ0n) is 19.7. The van der Waals surface area contributed by atoms with Crippen molar-refractivity contribution in [3.63, 3.8) is 0 Å². The molecule has 3 aliphatic heterocycles. The molecule has 3 aliphatic rings. The summed E-state index contributed by atoms with van der Waals surface area (Å²) in [6.07, 6.45) is 1.76. The van der Waals surface area contributed by atoms with E-state index in [-0.39, 0.29) is 29.9 Å². The standard InChI is InChI=1S/C28H22O8/c1-31-19-6-3-15(11-22(19)32-2)12-24-27(30)17-5-8-21-26(28(17)36-24)18(14-25(29)35-21)16-4-7-20-23(13-16)34-10-9-33-20/h3-8,11-13,18H,9-10,14H2,1-2H3/b24-12-/t18-/m0/s1. The number of esters is 1. The molecule has 0 amide bonds. The van der Waals surface area contributed by atoms with E-state index in [4.69, 9.17) is 28.4 Å². The first-order valence-electron chi connectivity index (χ1n) is 11.5. The van der Waals surface area contributed by atoms with Crippen molar-refractivity contribution in [2.45, 2.75) is 12.3 Å². The molecule has 3 heterocycles. The molecular formula is C28H22O8. The van der Waals surface area contributed by atoms with Gasteiger partial charge in [0.1, 0.15) is 24.7 Å². The molecule has 0 aromatic heterocycles. The van der Waals surface area contributed by atoms with E-state index in [2.05, 4.69) is 0 Å². The van der Waals surface area contributed by atoms with Crippen LogP contribution in [0.3, 0.4) is 0 Å². The lowest BCUT2D eigenvalue weighted by Gasteiger charge is -2.27. The number of ketones is 1. The van der Waals surface area contributed by atoms with E-state index < -0.39 is 0 Å². The van der Waals surface area contributed by atoms with Crippen LogP contribution in [0.2, 0.25) is 0 Å². The van der Waals surface area contributed by atoms with Crippen LogP contribution in [0.1, 0.15) is 39.4 Å². The molecule has 0 fully saturated rings. The lowest BCUT2D eigenvalue weighted by Crippen LogP contribution is -2.22. The fourth-order valence-electron chi connectivity index (χ4n) is 4.76. The Hall–Kier alpha value is -4.46. The summed E-state index contributed by atoms with van der Waals surface area (Å²) in [5.41, 5.74) is 2.64. The van der Waals surface area contributed by atoms with Crippen molar-refractivity contribution in [2.24, 2.45) is 0 Å². The number of rotatable bonds is 4. The normalized spacial score (nSPS) is 18.7. The van der Waals surface area contributed by atoms with Gasteiger partial charge in [0.05, 0.1) is 26.2 Å². The van der Waals surface area contributed by atoms with Gasteiger partial charge in [-0.2, -0.15) is 0 Å². The van der Waals surface area contributed by atoms with Gasteiger partial charge in [-0.05, 0) is 53.6 Å². The van der Waals surface area contributed by atoms with Crippen LogP contribution in [0.15, 0.2) is 54.3 Å². The van der Waals surface area contributed by atoms with Gasteiger partial charge < -0.3 is 28.4 Å². The lowest BCUT2D eigenvalue weighted by atomic mass is 9.84. The van der Waals surface area contributed by atoms with Crippen molar-refractivity contribution in [2.75, 3.05) is 27.4 Å². The van der Waals surface area contributed by atoms with E-state index in [0.29, 0.717) is 64.4 Å². The van der Waals surface area contributed by atoms with Gasteiger partial charge in [-0.3, -0.25) is 9.59 Å². The predicted molar refractivity (Wildman–Crippen MR) is 128 cm³/mol. The topological polar surface area (TPSA) is 89.5 Å². The maximum Gasteiger partial charge on any atom is 0.312 e. The summed E-state index contributed by atoms with van der Waals surface area (Å²) in [5, 5.41) is 0. The highest BCUT2D eigenvalue weighted by molar-refractivity contribution is 6.15. The minimum Gasteiger partial charge on any atom is -0.493 e. The Bertz CT molecular complexity index is 1440. The molecule has 6 rings (SSSR count). The number of hydrogen-bond acceptors (Lipinski definition) is 8. The van der Waals surface area contributed by atoms with E-state index in [1.54, 1.807) is 44.6 Å². The summed E-state index contributed by atoms with van der Waals surface area (Å²) < 4.78 is 33.7. The second kappa shape index (κ2) is 8.64. The SMILES string of the molecule is COc1ccc(/C=C2\Oc3c(ccc4c3[C@H](c3ccc5c(c3)OCCO5)CC(=O)O4)C2=O)cc1OC. The van der Waals surface area contributed by atoms with Gasteiger partial charge >= 0.3 is 5.97 Å². The molecule has 3 aromatic carbocycles. The van der Waals surface area contributed by atoms with Crippen molar-refractivity contribution >= 4 is 17.8 Å². The van der Waals surface area contributed by atoms with Crippen molar-refractivity contribution < 1.29 is 38.0 Å². The van der Waals surface area contributed by atoms with Gasteiger partial charge in [-0.25, -0.2) is 0 Å². The predicted octanol–water partition coefficient (Wildman–Crippen LogP) is 4.53. The van der Waals surface area contributed by atoms with Crippen LogP contribution in [0.25, 0.3) is 6.08 Å². The van der Waals surface area contributed by atoms with Gasteiger partial charge in [0, 0.05) is 11.5 Å². The number of Topliss-reactive ketones (excluding diaryl/α,β-unsaturated/α-hetero) is 1. The zero-order valence-corrected chi connectivity index (χ0v) is 19.7. The summed E-state index contributed by atoms with van der Waals surface area (Å²) in [4.78, 5) is 25.7. The van der Waals surface area contributed by atoms with Gasteiger partial charge in [-0.1, -0.05) is 12.1 Å². The molecule has 0 bridgehead atoms. The molecule has 8 heteroatoms. The summed E-state index contributed by atoms with van der Waals surface area (Å²) in [6, 6.07) is 14.2. The average molecular weight is 486 g/mol. The minimum atomic E-state index is -0.375. The summed E-state index contributed by atoms with van der Waals surface area (Å²) in [7, 11) is 3.11. The largest absolute Gasteiger partial charge is 0.493 e. The van der Waals surface area contributed by atoms with Gasteiger partial charge in [0.2, 0.25) is 5.78 Å². The van der Waals surface area contributed by atoms with Crippen molar-refractivity contribution in [3.05, 3.63) is 76.5 Å². The first-order valence-corrected chi connectivity index (χ1v) is 11.5. The summed E-state index contributed by atoms with van der Waals surface area (Å²) in [6.45, 7) is 0.945. The van der Waals surface area contributed by atoms with Gasteiger partial charge in [-0.15, -0.1) is 0 Å². The molecule has 0 aliphatic carbocycles. The third-order valence-corrected chi connectivity index (χ3v) is 6.45. The third-order valence-electron chi connectivity index (χ3n) is 6.45. The van der Waals surface area contributed by atoms with Crippen molar-refractivity contribution in [3.8, 4) is 34.5 Å². The summed E-state index contributed by atoms with van der Waals surface area (Å²) >= 11 is 0. The molecule has 0 spiro atoms. The van der Waals surface area contributed by atoms with E-state index in [1.165, 1.54) is 0 Å². The number of methoxy groups -OCH3 is 2. The Morgan fingerprint density at radius 3 is 2.42 bits per heavy atom. The Morgan fingerprint density at radius 2 is 1.61 bits per heavy atom. The van der Waals surface area contributed by atoms with Crippen LogP contribution in [0.5, 0.6) is 34.5 Å². The zero-order chi connectivity index (χ0) is 24.8. The lowest BCUT2D eigenvalue weighted by molar-refractivity contribution is -0.135. The highest BCUT2D eigenvalue weighted by atomic mass is 16.6. The molecule has 0 saturated carbocycles. The number of carbonyl (C=O) groups excluding carboxylic acids is 2. The summed E-state index contributed by atoms with van der Waals surface area (Å²) in [5.74, 6) is 2.38. The highest BCUT2D eigenvalue weighted by Gasteiger charge is 2.39. The smallest absolute Gasteiger partial charge is 0.312 e. The number of ether oxygens (including phenoxy) is 6. The number of allylic oxidation sites excluding steroid dienone is 1. The highest BCUT2D eigenvalue weighted by Crippen LogP contribution is 2.50. The van der Waals surface area contributed by atoms with Crippen molar-refractivity contribution in [1.82, 2.24) is 0 Å². The van der Waals surface area contributed by atoms with E-state index in [1.807, 2.05) is 24.3 Å². The van der Waals surface area contributed by atoms with Crippen LogP contribution >= 0.6 is 0 Å². The average Bonchev–Trinajstić information content (AvgIpc) is 3.22. The molecule has 1 atom stereocenters.